The Balaban J connectivity index is 1.54. The Kier molecular flexibility index (Phi) is 4.77. The molecule has 0 atom stereocenters. The standard InChI is InChI=1S/C16H20N6O/c1-21-6-8-22(9-7-21)15-3-2-13(10-19-15)11-20-16(23)14-12-17-4-5-18-14/h2-5,10,12H,6-9,11H2,1H3,(H,20,23). The number of aromatic nitrogens is 3. The van der Waals surface area contributed by atoms with Gasteiger partial charge in [-0.15, -0.1) is 0 Å². The van der Waals surface area contributed by atoms with Crippen molar-refractivity contribution in [3.05, 3.63) is 48.2 Å². The summed E-state index contributed by atoms with van der Waals surface area (Å²) in [6.45, 7) is 4.51. The molecule has 23 heavy (non-hydrogen) atoms. The Labute approximate surface area is 135 Å². The molecule has 0 spiro atoms. The van der Waals surface area contributed by atoms with E-state index in [1.165, 1.54) is 18.6 Å². The van der Waals surface area contributed by atoms with E-state index in [1.54, 1.807) is 0 Å². The summed E-state index contributed by atoms with van der Waals surface area (Å²) in [5.74, 6) is 0.753. The van der Waals surface area contributed by atoms with Crippen molar-refractivity contribution in [3.8, 4) is 0 Å². The van der Waals surface area contributed by atoms with Crippen LogP contribution in [0.3, 0.4) is 0 Å². The summed E-state index contributed by atoms with van der Waals surface area (Å²) in [6, 6.07) is 4.01. The molecule has 7 heteroatoms. The van der Waals surface area contributed by atoms with Gasteiger partial charge < -0.3 is 15.1 Å². The predicted molar refractivity (Wildman–Crippen MR) is 87.1 cm³/mol. The molecule has 3 heterocycles. The normalized spacial score (nSPS) is 15.4. The SMILES string of the molecule is CN1CCN(c2ccc(CNC(=O)c3cnccn3)cn2)CC1. The summed E-state index contributed by atoms with van der Waals surface area (Å²) in [5, 5.41) is 2.82. The second kappa shape index (κ2) is 7.15. The van der Waals surface area contributed by atoms with Crippen molar-refractivity contribution in [1.82, 2.24) is 25.2 Å². The third-order valence-electron chi connectivity index (χ3n) is 3.89. The van der Waals surface area contributed by atoms with E-state index in [0.717, 1.165) is 37.6 Å². The fourth-order valence-corrected chi connectivity index (χ4v) is 2.43. The van der Waals surface area contributed by atoms with Gasteiger partial charge in [-0.2, -0.15) is 0 Å². The maximum absolute atomic E-state index is 11.9. The Bertz CT molecular complexity index is 637. The fourth-order valence-electron chi connectivity index (χ4n) is 2.43. The van der Waals surface area contributed by atoms with E-state index in [2.05, 4.69) is 37.1 Å². The van der Waals surface area contributed by atoms with Crippen LogP contribution >= 0.6 is 0 Å². The number of nitrogens with one attached hydrogen (secondary N) is 1. The van der Waals surface area contributed by atoms with Crippen LogP contribution in [0.1, 0.15) is 16.1 Å². The van der Waals surface area contributed by atoms with E-state index >= 15 is 0 Å². The van der Waals surface area contributed by atoms with Gasteiger partial charge in [-0.1, -0.05) is 6.07 Å². The molecule has 2 aromatic heterocycles. The van der Waals surface area contributed by atoms with Gasteiger partial charge >= 0.3 is 0 Å². The van der Waals surface area contributed by atoms with Crippen LogP contribution < -0.4 is 10.2 Å². The van der Waals surface area contributed by atoms with E-state index in [9.17, 15) is 4.79 Å². The van der Waals surface area contributed by atoms with Crippen molar-refractivity contribution in [2.45, 2.75) is 6.54 Å². The van der Waals surface area contributed by atoms with Crippen LogP contribution in [0.25, 0.3) is 0 Å². The maximum atomic E-state index is 11.9. The van der Waals surface area contributed by atoms with Crippen LogP contribution in [-0.2, 0) is 6.54 Å². The first-order valence-electron chi connectivity index (χ1n) is 7.65. The minimum Gasteiger partial charge on any atom is -0.354 e. The van der Waals surface area contributed by atoms with E-state index in [1.807, 2.05) is 18.3 Å². The van der Waals surface area contributed by atoms with Gasteiger partial charge in [-0.3, -0.25) is 9.78 Å². The molecule has 3 rings (SSSR count). The van der Waals surface area contributed by atoms with E-state index in [0.29, 0.717) is 12.2 Å². The average Bonchev–Trinajstić information content (AvgIpc) is 2.61. The smallest absolute Gasteiger partial charge is 0.271 e. The molecule has 0 aliphatic carbocycles. The van der Waals surface area contributed by atoms with Gasteiger partial charge in [0, 0.05) is 51.3 Å². The lowest BCUT2D eigenvalue weighted by atomic mass is 10.2. The second-order valence-electron chi connectivity index (χ2n) is 5.59. The Morgan fingerprint density at radius 2 is 1.96 bits per heavy atom. The van der Waals surface area contributed by atoms with Crippen molar-refractivity contribution in [3.63, 3.8) is 0 Å². The number of piperazine rings is 1. The number of hydrogen-bond donors (Lipinski definition) is 1. The van der Waals surface area contributed by atoms with Crippen LogP contribution in [0.2, 0.25) is 0 Å². The highest BCUT2D eigenvalue weighted by molar-refractivity contribution is 5.91. The van der Waals surface area contributed by atoms with E-state index < -0.39 is 0 Å². The highest BCUT2D eigenvalue weighted by atomic mass is 16.1. The number of carbonyl (C=O) groups excluding carboxylic acids is 1. The number of pyridine rings is 1. The highest BCUT2D eigenvalue weighted by Gasteiger charge is 2.15. The van der Waals surface area contributed by atoms with Gasteiger partial charge in [-0.05, 0) is 18.7 Å². The summed E-state index contributed by atoms with van der Waals surface area (Å²) in [5.41, 5.74) is 1.27. The van der Waals surface area contributed by atoms with E-state index in [-0.39, 0.29) is 5.91 Å². The van der Waals surface area contributed by atoms with Crippen LogP contribution in [0, 0.1) is 0 Å². The molecule has 1 fully saturated rings. The lowest BCUT2D eigenvalue weighted by molar-refractivity contribution is 0.0945. The molecule has 0 saturated carbocycles. The van der Waals surface area contributed by atoms with Gasteiger partial charge in [0.1, 0.15) is 11.5 Å². The monoisotopic (exact) mass is 312 g/mol. The zero-order chi connectivity index (χ0) is 16.1. The minimum atomic E-state index is -0.235. The number of likely N-dealkylation sites (N-methyl/N-ethyl adjacent to an activating group) is 1. The molecule has 120 valence electrons. The largest absolute Gasteiger partial charge is 0.354 e. The summed E-state index contributed by atoms with van der Waals surface area (Å²) in [4.78, 5) is 28.9. The minimum absolute atomic E-state index is 0.235. The summed E-state index contributed by atoms with van der Waals surface area (Å²) in [6.07, 6.45) is 6.30. The summed E-state index contributed by atoms with van der Waals surface area (Å²) < 4.78 is 0. The molecule has 0 unspecified atom stereocenters. The molecule has 2 aromatic rings. The third-order valence-corrected chi connectivity index (χ3v) is 3.89. The molecule has 1 aliphatic heterocycles. The first kappa shape index (κ1) is 15.4. The van der Waals surface area contributed by atoms with E-state index in [4.69, 9.17) is 0 Å². The first-order chi connectivity index (χ1) is 11.2. The molecule has 0 radical (unpaired) electrons. The van der Waals surface area contributed by atoms with Gasteiger partial charge in [0.05, 0.1) is 6.20 Å². The van der Waals surface area contributed by atoms with Crippen LogP contribution in [0.15, 0.2) is 36.9 Å². The molecule has 1 saturated heterocycles. The van der Waals surface area contributed by atoms with Gasteiger partial charge in [-0.25, -0.2) is 9.97 Å². The topological polar surface area (TPSA) is 74.2 Å². The van der Waals surface area contributed by atoms with Crippen molar-refractivity contribution in [2.75, 3.05) is 38.1 Å². The Hall–Kier alpha value is -2.54. The Morgan fingerprint density at radius 3 is 2.61 bits per heavy atom. The second-order valence-corrected chi connectivity index (χ2v) is 5.59. The predicted octanol–water partition coefficient (Wildman–Crippen LogP) is 0.553. The first-order valence-corrected chi connectivity index (χ1v) is 7.65. The van der Waals surface area contributed by atoms with Crippen molar-refractivity contribution >= 4 is 11.7 Å². The van der Waals surface area contributed by atoms with Gasteiger partial charge in [0.2, 0.25) is 0 Å². The number of nitrogens with zero attached hydrogens (tertiary/aromatic N) is 5. The number of hydrogen-bond acceptors (Lipinski definition) is 6. The van der Waals surface area contributed by atoms with Crippen LogP contribution in [0.5, 0.6) is 0 Å². The Morgan fingerprint density at radius 1 is 1.13 bits per heavy atom. The molecule has 1 aliphatic rings. The lowest BCUT2D eigenvalue weighted by Gasteiger charge is -2.33. The van der Waals surface area contributed by atoms with Crippen LogP contribution in [-0.4, -0.2) is 59.0 Å². The highest BCUT2D eigenvalue weighted by Crippen LogP contribution is 2.13. The fraction of sp³-hybridized carbons (Fsp3) is 0.375. The molecular weight excluding hydrogens is 292 g/mol. The van der Waals surface area contributed by atoms with Gasteiger partial charge in [0.15, 0.2) is 0 Å². The quantitative estimate of drug-likeness (QED) is 0.889. The zero-order valence-electron chi connectivity index (χ0n) is 13.1. The third kappa shape index (κ3) is 4.01. The number of amides is 1. The number of carbonyl (C=O) groups is 1. The number of rotatable bonds is 4. The van der Waals surface area contributed by atoms with Crippen molar-refractivity contribution < 1.29 is 4.79 Å². The lowest BCUT2D eigenvalue weighted by Crippen LogP contribution is -2.44. The van der Waals surface area contributed by atoms with Crippen molar-refractivity contribution in [1.29, 1.82) is 0 Å². The van der Waals surface area contributed by atoms with Crippen LogP contribution in [0.4, 0.5) is 5.82 Å². The molecule has 7 nitrogen and oxygen atoms in total. The summed E-state index contributed by atoms with van der Waals surface area (Å²) in [7, 11) is 2.13. The van der Waals surface area contributed by atoms with Gasteiger partial charge in [0.25, 0.3) is 5.91 Å². The maximum Gasteiger partial charge on any atom is 0.271 e. The molecule has 0 bridgehead atoms. The summed E-state index contributed by atoms with van der Waals surface area (Å²) >= 11 is 0. The molecular formula is C16H20N6O. The zero-order valence-corrected chi connectivity index (χ0v) is 13.1. The van der Waals surface area contributed by atoms with Crippen molar-refractivity contribution in [2.24, 2.45) is 0 Å². The average molecular weight is 312 g/mol. The molecule has 0 aromatic carbocycles. The molecule has 1 amide bonds. The molecule has 1 N–H and O–H groups in total. The number of anilines is 1.